The molecule has 32 heavy (non-hydrogen) atoms. The molecule has 2 aromatic carbocycles. The van der Waals surface area contributed by atoms with Crippen molar-refractivity contribution >= 4 is 27.5 Å². The third kappa shape index (κ3) is 3.57. The molecule has 2 N–H and O–H groups in total. The first-order chi connectivity index (χ1) is 15.6. The normalized spacial score (nSPS) is 10.9. The molecule has 0 amide bonds. The van der Waals surface area contributed by atoms with Crippen LogP contribution >= 0.6 is 15.9 Å². The monoisotopic (exact) mass is 482 g/mol. The van der Waals surface area contributed by atoms with E-state index in [0.717, 1.165) is 15.6 Å². The Balaban J connectivity index is 1.76. The highest BCUT2D eigenvalue weighted by molar-refractivity contribution is 9.10. The van der Waals surface area contributed by atoms with Gasteiger partial charge in [-0.2, -0.15) is 9.78 Å². The Bertz CT molecular complexity index is 1490. The van der Waals surface area contributed by atoms with Crippen LogP contribution in [0, 0.1) is 11.3 Å². The van der Waals surface area contributed by atoms with Crippen molar-refractivity contribution in [3.8, 4) is 28.6 Å². The molecule has 8 nitrogen and oxygen atoms in total. The summed E-state index contributed by atoms with van der Waals surface area (Å²) >= 11 is 3.58. The van der Waals surface area contributed by atoms with Crippen LogP contribution in [0.1, 0.15) is 17.0 Å². The summed E-state index contributed by atoms with van der Waals surface area (Å²) in [6.07, 6.45) is 3.64. The summed E-state index contributed by atoms with van der Waals surface area (Å²) in [5.41, 5.74) is 11.0. The molecule has 0 aliphatic rings. The SMILES string of the molecule is N#Cc1cccc(-c2nc(N)n3nc(Cc4ccccc4Br)nc3c2-c2ccncn2)c1. The van der Waals surface area contributed by atoms with Gasteiger partial charge in [-0.1, -0.05) is 46.3 Å². The van der Waals surface area contributed by atoms with Gasteiger partial charge in [-0.15, -0.1) is 5.10 Å². The number of rotatable bonds is 4. The van der Waals surface area contributed by atoms with E-state index < -0.39 is 0 Å². The highest BCUT2D eigenvalue weighted by atomic mass is 79.9. The van der Waals surface area contributed by atoms with Gasteiger partial charge in [0.05, 0.1) is 28.6 Å². The highest BCUT2D eigenvalue weighted by Gasteiger charge is 2.21. The second-order valence-corrected chi connectivity index (χ2v) is 7.87. The molecule has 0 radical (unpaired) electrons. The van der Waals surface area contributed by atoms with E-state index in [4.69, 9.17) is 10.7 Å². The number of fused-ring (bicyclic) bond motifs is 1. The second kappa shape index (κ2) is 8.17. The third-order valence-electron chi connectivity index (χ3n) is 4.96. The minimum absolute atomic E-state index is 0.195. The van der Waals surface area contributed by atoms with Crippen molar-refractivity contribution in [1.29, 1.82) is 5.26 Å². The van der Waals surface area contributed by atoms with Crippen LogP contribution in [0.25, 0.3) is 28.2 Å². The molecular weight excluding hydrogens is 468 g/mol. The minimum atomic E-state index is 0.195. The second-order valence-electron chi connectivity index (χ2n) is 7.01. The molecule has 0 aliphatic carbocycles. The van der Waals surface area contributed by atoms with Crippen LogP contribution in [0.5, 0.6) is 0 Å². The number of aromatic nitrogens is 6. The summed E-state index contributed by atoms with van der Waals surface area (Å²) in [5, 5.41) is 13.9. The quantitative estimate of drug-likeness (QED) is 0.410. The third-order valence-corrected chi connectivity index (χ3v) is 5.74. The van der Waals surface area contributed by atoms with E-state index in [-0.39, 0.29) is 5.95 Å². The van der Waals surface area contributed by atoms with Crippen molar-refractivity contribution in [2.45, 2.75) is 6.42 Å². The van der Waals surface area contributed by atoms with Gasteiger partial charge in [0.1, 0.15) is 6.33 Å². The topological polar surface area (TPSA) is 119 Å². The molecule has 154 valence electrons. The number of hydrogen-bond acceptors (Lipinski definition) is 7. The fraction of sp³-hybridized carbons (Fsp3) is 0.0435. The van der Waals surface area contributed by atoms with E-state index in [0.29, 0.717) is 40.4 Å². The number of anilines is 1. The highest BCUT2D eigenvalue weighted by Crippen LogP contribution is 2.34. The average Bonchev–Trinajstić information content (AvgIpc) is 3.25. The zero-order chi connectivity index (χ0) is 22.1. The molecule has 0 saturated heterocycles. The Morgan fingerprint density at radius 2 is 1.94 bits per heavy atom. The molecule has 0 fully saturated rings. The van der Waals surface area contributed by atoms with Crippen LogP contribution in [0.2, 0.25) is 0 Å². The van der Waals surface area contributed by atoms with Gasteiger partial charge in [-0.3, -0.25) is 0 Å². The average molecular weight is 483 g/mol. The van der Waals surface area contributed by atoms with Crippen LogP contribution in [-0.4, -0.2) is 29.5 Å². The summed E-state index contributed by atoms with van der Waals surface area (Å²) in [7, 11) is 0. The van der Waals surface area contributed by atoms with Crippen molar-refractivity contribution in [3.63, 3.8) is 0 Å². The number of benzene rings is 2. The van der Waals surface area contributed by atoms with Crippen molar-refractivity contribution in [3.05, 3.63) is 88.5 Å². The predicted octanol–water partition coefficient (Wildman–Crippen LogP) is 4.06. The van der Waals surface area contributed by atoms with Gasteiger partial charge in [0, 0.05) is 22.7 Å². The van der Waals surface area contributed by atoms with E-state index in [9.17, 15) is 5.26 Å². The Morgan fingerprint density at radius 3 is 2.72 bits per heavy atom. The van der Waals surface area contributed by atoms with E-state index >= 15 is 0 Å². The first-order valence-electron chi connectivity index (χ1n) is 9.69. The van der Waals surface area contributed by atoms with Gasteiger partial charge in [0.15, 0.2) is 11.5 Å². The Kier molecular flexibility index (Phi) is 5.05. The van der Waals surface area contributed by atoms with Gasteiger partial charge in [0.25, 0.3) is 0 Å². The van der Waals surface area contributed by atoms with Crippen LogP contribution in [-0.2, 0) is 6.42 Å². The zero-order valence-electron chi connectivity index (χ0n) is 16.6. The molecular formula is C23H15BrN8. The summed E-state index contributed by atoms with van der Waals surface area (Å²) in [5.74, 6) is 0.796. The number of nitrogens with zero attached hydrogens (tertiary/aromatic N) is 7. The standard InChI is InChI=1S/C23H15BrN8/c24-17-7-2-1-5-15(17)11-19-29-22-20(18-8-9-27-13-28-18)21(30-23(26)32(22)31-19)16-6-3-4-14(10-16)12-25/h1-10,13H,11H2,(H2,26,30). The molecule has 0 atom stereocenters. The number of nitrogen functional groups attached to an aromatic ring is 1. The molecule has 5 aromatic rings. The van der Waals surface area contributed by atoms with Crippen molar-refractivity contribution in [2.75, 3.05) is 5.73 Å². The van der Waals surface area contributed by atoms with Crippen LogP contribution in [0.3, 0.4) is 0 Å². The maximum Gasteiger partial charge on any atom is 0.223 e. The minimum Gasteiger partial charge on any atom is -0.368 e. The summed E-state index contributed by atoms with van der Waals surface area (Å²) in [4.78, 5) is 17.9. The molecule has 0 bridgehead atoms. The summed E-state index contributed by atoms with van der Waals surface area (Å²) in [6, 6.07) is 19.1. The number of hydrogen-bond donors (Lipinski definition) is 1. The van der Waals surface area contributed by atoms with E-state index in [2.05, 4.69) is 42.0 Å². The van der Waals surface area contributed by atoms with Crippen LogP contribution in [0.4, 0.5) is 5.95 Å². The number of nitriles is 1. The van der Waals surface area contributed by atoms with E-state index in [1.165, 1.54) is 10.8 Å². The zero-order valence-corrected chi connectivity index (χ0v) is 18.2. The summed E-state index contributed by atoms with van der Waals surface area (Å²) in [6.45, 7) is 0. The molecule has 5 rings (SSSR count). The maximum atomic E-state index is 9.34. The Morgan fingerprint density at radius 1 is 1.06 bits per heavy atom. The van der Waals surface area contributed by atoms with Crippen LogP contribution in [0.15, 0.2) is 71.6 Å². The molecule has 3 heterocycles. The molecule has 3 aromatic heterocycles. The fourth-order valence-electron chi connectivity index (χ4n) is 3.51. The Hall–Kier alpha value is -4.16. The molecule has 0 aliphatic heterocycles. The Labute approximate surface area is 191 Å². The maximum absolute atomic E-state index is 9.34. The molecule has 0 saturated carbocycles. The predicted molar refractivity (Wildman–Crippen MR) is 123 cm³/mol. The van der Waals surface area contributed by atoms with Gasteiger partial charge >= 0.3 is 0 Å². The number of nitrogens with two attached hydrogens (primary N) is 1. The molecule has 9 heteroatoms. The number of halogens is 1. The van der Waals surface area contributed by atoms with Crippen molar-refractivity contribution in [1.82, 2.24) is 29.5 Å². The van der Waals surface area contributed by atoms with Crippen molar-refractivity contribution in [2.24, 2.45) is 0 Å². The van der Waals surface area contributed by atoms with Gasteiger partial charge in [-0.25, -0.2) is 19.9 Å². The fourth-order valence-corrected chi connectivity index (χ4v) is 3.93. The lowest BCUT2D eigenvalue weighted by atomic mass is 10.0. The lowest BCUT2D eigenvalue weighted by molar-refractivity contribution is 0.890. The molecule has 0 spiro atoms. The molecule has 0 unspecified atom stereocenters. The van der Waals surface area contributed by atoms with Gasteiger partial charge in [0.2, 0.25) is 5.95 Å². The summed E-state index contributed by atoms with van der Waals surface area (Å²) < 4.78 is 2.51. The van der Waals surface area contributed by atoms with E-state index in [1.807, 2.05) is 36.4 Å². The smallest absolute Gasteiger partial charge is 0.223 e. The van der Waals surface area contributed by atoms with Crippen molar-refractivity contribution < 1.29 is 0 Å². The van der Waals surface area contributed by atoms with Gasteiger partial charge in [-0.05, 0) is 29.8 Å². The lowest BCUT2D eigenvalue weighted by Crippen LogP contribution is -2.06. The van der Waals surface area contributed by atoms with Gasteiger partial charge < -0.3 is 5.73 Å². The van der Waals surface area contributed by atoms with Crippen LogP contribution < -0.4 is 5.73 Å². The lowest BCUT2D eigenvalue weighted by Gasteiger charge is -2.11. The first kappa shape index (κ1) is 19.8. The van der Waals surface area contributed by atoms with E-state index in [1.54, 1.807) is 24.4 Å². The first-order valence-corrected chi connectivity index (χ1v) is 10.5. The largest absolute Gasteiger partial charge is 0.368 e.